The van der Waals surface area contributed by atoms with E-state index in [4.69, 9.17) is 14.3 Å². The molecule has 1 aliphatic heterocycles. The van der Waals surface area contributed by atoms with Crippen LogP contribution in [0.4, 0.5) is 5.69 Å². The van der Waals surface area contributed by atoms with E-state index < -0.39 is 0 Å². The van der Waals surface area contributed by atoms with E-state index in [1.165, 1.54) is 17.5 Å². The molecule has 0 fully saturated rings. The Morgan fingerprint density at radius 2 is 1.89 bits per heavy atom. The zero-order chi connectivity index (χ0) is 18.6. The fourth-order valence-electron chi connectivity index (χ4n) is 3.36. The number of anilines is 1. The summed E-state index contributed by atoms with van der Waals surface area (Å²) in [6.45, 7) is 2.77. The number of nitrogens with one attached hydrogen (secondary N) is 1. The molecule has 4 rings (SSSR count). The van der Waals surface area contributed by atoms with Crippen molar-refractivity contribution in [3.63, 3.8) is 0 Å². The normalized spacial score (nSPS) is 15.2. The number of amides is 1. The lowest BCUT2D eigenvalue weighted by Gasteiger charge is -2.18. The largest absolute Gasteiger partial charge is 0.486 e. The first-order valence-electron chi connectivity index (χ1n) is 9.17. The number of aryl methyl sites for hydroxylation is 2. The Bertz CT molecular complexity index is 892. The topological polar surface area (TPSA) is 69.2 Å². The van der Waals surface area contributed by atoms with E-state index in [0.29, 0.717) is 24.7 Å². The molecule has 1 heterocycles. The molecule has 27 heavy (non-hydrogen) atoms. The Morgan fingerprint density at radius 3 is 2.78 bits per heavy atom. The Labute approximate surface area is 158 Å². The molecule has 1 amide bonds. The molecule has 0 saturated heterocycles. The molecule has 0 atom stereocenters. The summed E-state index contributed by atoms with van der Waals surface area (Å²) in [6.07, 6.45) is 3.39. The highest BCUT2D eigenvalue weighted by atomic mass is 16.6. The lowest BCUT2D eigenvalue weighted by atomic mass is 10.1. The summed E-state index contributed by atoms with van der Waals surface area (Å²) in [7, 11) is 0. The highest BCUT2D eigenvalue weighted by Crippen LogP contribution is 2.31. The Hall–Kier alpha value is -3.02. The van der Waals surface area contributed by atoms with Crippen molar-refractivity contribution in [2.45, 2.75) is 26.2 Å². The Balaban J connectivity index is 1.32. The van der Waals surface area contributed by atoms with E-state index in [0.717, 1.165) is 29.8 Å². The molecule has 0 unspecified atom stereocenters. The first-order chi connectivity index (χ1) is 13.2. The number of carbonyl (C=O) groups excluding carboxylic acids is 1. The molecule has 0 spiro atoms. The SMILES string of the molecule is C/C(=N/OCC(=O)Nc1ccc2c(c1)CCC2)c1ccc2c(c1)OCCO2. The van der Waals surface area contributed by atoms with E-state index in [9.17, 15) is 4.79 Å². The van der Waals surface area contributed by atoms with E-state index >= 15 is 0 Å². The minimum absolute atomic E-state index is 0.140. The summed E-state index contributed by atoms with van der Waals surface area (Å²) in [5, 5.41) is 6.90. The maximum absolute atomic E-state index is 12.1. The number of fused-ring (bicyclic) bond motifs is 2. The van der Waals surface area contributed by atoms with Crippen LogP contribution in [-0.4, -0.2) is 31.4 Å². The maximum Gasteiger partial charge on any atom is 0.265 e. The molecule has 2 aliphatic rings. The van der Waals surface area contributed by atoms with Gasteiger partial charge in [-0.15, -0.1) is 0 Å². The second-order valence-electron chi connectivity index (χ2n) is 6.69. The fourth-order valence-corrected chi connectivity index (χ4v) is 3.36. The van der Waals surface area contributed by atoms with Crippen LogP contribution in [-0.2, 0) is 22.5 Å². The van der Waals surface area contributed by atoms with Crippen molar-refractivity contribution in [3.05, 3.63) is 53.1 Å². The zero-order valence-corrected chi connectivity index (χ0v) is 15.3. The van der Waals surface area contributed by atoms with Gasteiger partial charge in [0.25, 0.3) is 5.91 Å². The van der Waals surface area contributed by atoms with Gasteiger partial charge in [0.1, 0.15) is 13.2 Å². The van der Waals surface area contributed by atoms with Crippen molar-refractivity contribution in [2.24, 2.45) is 5.16 Å². The lowest BCUT2D eigenvalue weighted by Crippen LogP contribution is -2.17. The number of hydrogen-bond acceptors (Lipinski definition) is 5. The van der Waals surface area contributed by atoms with Crippen LogP contribution in [0, 0.1) is 0 Å². The van der Waals surface area contributed by atoms with Crippen LogP contribution in [0.5, 0.6) is 11.5 Å². The first-order valence-corrected chi connectivity index (χ1v) is 9.17. The minimum atomic E-state index is -0.230. The molecule has 1 aliphatic carbocycles. The van der Waals surface area contributed by atoms with Gasteiger partial charge in [0.05, 0.1) is 5.71 Å². The van der Waals surface area contributed by atoms with Crippen LogP contribution in [0.15, 0.2) is 41.6 Å². The third-order valence-corrected chi connectivity index (χ3v) is 4.74. The highest BCUT2D eigenvalue weighted by Gasteiger charge is 2.14. The summed E-state index contributed by atoms with van der Waals surface area (Å²) >= 11 is 0. The van der Waals surface area contributed by atoms with Crippen LogP contribution < -0.4 is 14.8 Å². The number of rotatable bonds is 5. The highest BCUT2D eigenvalue weighted by molar-refractivity contribution is 5.99. The third kappa shape index (κ3) is 4.05. The summed E-state index contributed by atoms with van der Waals surface area (Å²) < 4.78 is 11.1. The van der Waals surface area contributed by atoms with Crippen molar-refractivity contribution < 1.29 is 19.1 Å². The molecule has 140 valence electrons. The molecular formula is C21H22N2O4. The quantitative estimate of drug-likeness (QED) is 0.651. The lowest BCUT2D eigenvalue weighted by molar-refractivity contribution is -0.120. The number of benzene rings is 2. The number of carbonyl (C=O) groups is 1. The van der Waals surface area contributed by atoms with Crippen LogP contribution in [0.3, 0.4) is 0 Å². The second kappa shape index (κ2) is 7.70. The van der Waals surface area contributed by atoms with Gasteiger partial charge in [-0.1, -0.05) is 11.2 Å². The molecule has 6 heteroatoms. The van der Waals surface area contributed by atoms with Gasteiger partial charge < -0.3 is 19.6 Å². The third-order valence-electron chi connectivity index (χ3n) is 4.74. The van der Waals surface area contributed by atoms with Crippen LogP contribution in [0.1, 0.15) is 30.0 Å². The van der Waals surface area contributed by atoms with Gasteiger partial charge in [0.15, 0.2) is 18.1 Å². The number of hydrogen-bond donors (Lipinski definition) is 1. The van der Waals surface area contributed by atoms with Crippen molar-refractivity contribution in [1.29, 1.82) is 0 Å². The summed E-state index contributed by atoms with van der Waals surface area (Å²) in [6, 6.07) is 11.7. The second-order valence-corrected chi connectivity index (χ2v) is 6.69. The van der Waals surface area contributed by atoms with Crippen LogP contribution in [0.2, 0.25) is 0 Å². The van der Waals surface area contributed by atoms with Crippen molar-refractivity contribution in [2.75, 3.05) is 25.1 Å². The van der Waals surface area contributed by atoms with Gasteiger partial charge in [-0.05, 0) is 67.6 Å². The monoisotopic (exact) mass is 366 g/mol. The predicted molar refractivity (Wildman–Crippen MR) is 103 cm³/mol. The molecule has 0 saturated carbocycles. The summed E-state index contributed by atoms with van der Waals surface area (Å²) in [5.41, 5.74) is 5.03. The van der Waals surface area contributed by atoms with Crippen LogP contribution >= 0.6 is 0 Å². The summed E-state index contributed by atoms with van der Waals surface area (Å²) in [4.78, 5) is 17.3. The number of nitrogens with zero attached hydrogens (tertiary/aromatic N) is 1. The van der Waals surface area contributed by atoms with Crippen molar-refractivity contribution in [1.82, 2.24) is 0 Å². The molecular weight excluding hydrogens is 344 g/mol. The fraction of sp³-hybridized carbons (Fsp3) is 0.333. The predicted octanol–water partition coefficient (Wildman–Crippen LogP) is 3.33. The maximum atomic E-state index is 12.1. The van der Waals surface area contributed by atoms with E-state index in [2.05, 4.69) is 16.5 Å². The molecule has 0 bridgehead atoms. The van der Waals surface area contributed by atoms with E-state index in [-0.39, 0.29) is 12.5 Å². The van der Waals surface area contributed by atoms with Gasteiger partial charge in [0.2, 0.25) is 0 Å². The molecule has 2 aromatic rings. The first kappa shape index (κ1) is 17.4. The average Bonchev–Trinajstić information content (AvgIpc) is 3.15. The number of ether oxygens (including phenoxy) is 2. The van der Waals surface area contributed by atoms with Crippen molar-refractivity contribution in [3.8, 4) is 11.5 Å². The Morgan fingerprint density at radius 1 is 1.07 bits per heavy atom. The molecule has 1 N–H and O–H groups in total. The molecule has 0 radical (unpaired) electrons. The molecule has 6 nitrogen and oxygen atoms in total. The summed E-state index contributed by atoms with van der Waals surface area (Å²) in [5.74, 6) is 1.20. The van der Waals surface area contributed by atoms with Crippen LogP contribution in [0.25, 0.3) is 0 Å². The smallest absolute Gasteiger partial charge is 0.265 e. The molecule has 0 aromatic heterocycles. The van der Waals surface area contributed by atoms with Gasteiger partial charge >= 0.3 is 0 Å². The average molecular weight is 366 g/mol. The van der Waals surface area contributed by atoms with Crippen molar-refractivity contribution >= 4 is 17.3 Å². The van der Waals surface area contributed by atoms with E-state index in [1.54, 1.807) is 0 Å². The van der Waals surface area contributed by atoms with E-state index in [1.807, 2.05) is 37.3 Å². The standard InChI is InChI=1S/C21H22N2O4/c1-14(16-6-8-19-20(12-16)26-10-9-25-19)23-27-13-21(24)22-18-7-5-15-3-2-4-17(15)11-18/h5-8,11-12H,2-4,9-10,13H2,1H3,(H,22,24)/b23-14-. The van der Waals surface area contributed by atoms with Gasteiger partial charge in [0, 0.05) is 11.3 Å². The van der Waals surface area contributed by atoms with Gasteiger partial charge in [-0.2, -0.15) is 0 Å². The molecule has 2 aromatic carbocycles. The zero-order valence-electron chi connectivity index (χ0n) is 15.3. The Kier molecular flexibility index (Phi) is 4.96. The van der Waals surface area contributed by atoms with Gasteiger partial charge in [-0.25, -0.2) is 0 Å². The van der Waals surface area contributed by atoms with Gasteiger partial charge in [-0.3, -0.25) is 4.79 Å². The number of oxime groups is 1. The minimum Gasteiger partial charge on any atom is -0.486 e.